The lowest BCUT2D eigenvalue weighted by molar-refractivity contribution is 0.0946. The third-order valence-electron chi connectivity index (χ3n) is 4.72. The van der Waals surface area contributed by atoms with Crippen molar-refractivity contribution in [2.45, 2.75) is 13.1 Å². The lowest BCUT2D eigenvalue weighted by Crippen LogP contribution is -2.24. The van der Waals surface area contributed by atoms with Gasteiger partial charge in [-0.15, -0.1) is 0 Å². The minimum Gasteiger partial charge on any atom is -0.347 e. The summed E-state index contributed by atoms with van der Waals surface area (Å²) in [6.07, 6.45) is 5.12. The van der Waals surface area contributed by atoms with Crippen molar-refractivity contribution in [2.75, 3.05) is 4.90 Å². The average Bonchev–Trinajstić information content (AvgIpc) is 2.83. The van der Waals surface area contributed by atoms with E-state index in [0.717, 1.165) is 16.9 Å². The Morgan fingerprint density at radius 3 is 2.27 bits per heavy atom. The van der Waals surface area contributed by atoms with Crippen LogP contribution >= 0.6 is 0 Å². The van der Waals surface area contributed by atoms with Crippen LogP contribution in [0, 0.1) is 0 Å². The van der Waals surface area contributed by atoms with Crippen LogP contribution in [0.1, 0.15) is 21.6 Å². The lowest BCUT2D eigenvalue weighted by Gasteiger charge is -2.25. The molecule has 5 heteroatoms. The van der Waals surface area contributed by atoms with E-state index in [9.17, 15) is 4.79 Å². The second kappa shape index (κ2) is 9.47. The van der Waals surface area contributed by atoms with Gasteiger partial charge in [-0.1, -0.05) is 54.6 Å². The Balaban J connectivity index is 1.57. The molecule has 0 radical (unpaired) electrons. The summed E-state index contributed by atoms with van der Waals surface area (Å²) in [6.45, 7) is 1.09. The van der Waals surface area contributed by atoms with E-state index in [1.165, 1.54) is 5.56 Å². The maximum absolute atomic E-state index is 12.7. The van der Waals surface area contributed by atoms with Gasteiger partial charge in [0.2, 0.25) is 0 Å². The Morgan fingerprint density at radius 2 is 1.53 bits per heavy atom. The van der Waals surface area contributed by atoms with Gasteiger partial charge in [-0.25, -0.2) is 0 Å². The zero-order valence-corrected chi connectivity index (χ0v) is 16.5. The predicted octanol–water partition coefficient (Wildman–Crippen LogP) is 4.74. The molecular formula is C25H22N4O. The summed E-state index contributed by atoms with van der Waals surface area (Å²) >= 11 is 0. The molecule has 5 nitrogen and oxygen atoms in total. The van der Waals surface area contributed by atoms with Crippen LogP contribution in [0.3, 0.4) is 0 Å². The standard InChI is InChI=1S/C25H22N4O/c30-25(28-18-21-10-7-14-26-17-21)24-16-23(13-15-27-24)29(22-11-5-2-6-12-22)19-20-8-3-1-4-9-20/h1-17H,18-19H2,(H,28,30). The molecule has 4 rings (SSSR count). The van der Waals surface area contributed by atoms with Crippen LogP contribution in [0.5, 0.6) is 0 Å². The smallest absolute Gasteiger partial charge is 0.270 e. The largest absolute Gasteiger partial charge is 0.347 e. The van der Waals surface area contributed by atoms with Crippen molar-refractivity contribution in [3.63, 3.8) is 0 Å². The second-order valence-electron chi connectivity index (χ2n) is 6.85. The molecule has 0 bridgehead atoms. The van der Waals surface area contributed by atoms with Crippen LogP contribution < -0.4 is 10.2 Å². The number of anilines is 2. The summed E-state index contributed by atoms with van der Waals surface area (Å²) in [6, 6.07) is 27.9. The normalized spacial score (nSPS) is 10.4. The molecule has 4 aromatic rings. The number of aromatic nitrogens is 2. The SMILES string of the molecule is O=C(NCc1cccnc1)c1cc(N(Cc2ccccc2)c2ccccc2)ccn1. The average molecular weight is 394 g/mol. The number of nitrogens with zero attached hydrogens (tertiary/aromatic N) is 3. The minimum absolute atomic E-state index is 0.214. The summed E-state index contributed by atoms with van der Waals surface area (Å²) in [5, 5.41) is 2.91. The number of pyridine rings is 2. The topological polar surface area (TPSA) is 58.1 Å². The minimum atomic E-state index is -0.214. The third-order valence-corrected chi connectivity index (χ3v) is 4.72. The van der Waals surface area contributed by atoms with Gasteiger partial charge in [0.15, 0.2) is 0 Å². The van der Waals surface area contributed by atoms with Crippen molar-refractivity contribution in [1.29, 1.82) is 0 Å². The molecule has 2 aromatic heterocycles. The fourth-order valence-electron chi connectivity index (χ4n) is 3.19. The monoisotopic (exact) mass is 394 g/mol. The molecule has 2 heterocycles. The van der Waals surface area contributed by atoms with Gasteiger partial charge in [-0.3, -0.25) is 14.8 Å². The van der Waals surface area contributed by atoms with Gasteiger partial charge in [0.05, 0.1) is 0 Å². The molecule has 0 aliphatic heterocycles. The van der Waals surface area contributed by atoms with Gasteiger partial charge >= 0.3 is 0 Å². The van der Waals surface area contributed by atoms with Gasteiger partial charge < -0.3 is 10.2 Å². The number of carbonyl (C=O) groups excluding carboxylic acids is 1. The summed E-state index contributed by atoms with van der Waals surface area (Å²) in [4.78, 5) is 23.2. The van der Waals surface area contributed by atoms with E-state index >= 15 is 0 Å². The highest BCUT2D eigenvalue weighted by atomic mass is 16.1. The lowest BCUT2D eigenvalue weighted by atomic mass is 10.1. The first-order valence-electron chi connectivity index (χ1n) is 9.79. The number of nitrogens with one attached hydrogen (secondary N) is 1. The molecule has 0 aliphatic carbocycles. The molecule has 0 saturated carbocycles. The summed E-state index contributed by atoms with van der Waals surface area (Å²) in [5.74, 6) is -0.214. The van der Waals surface area contributed by atoms with Crippen LogP contribution in [-0.2, 0) is 13.1 Å². The zero-order chi connectivity index (χ0) is 20.6. The highest BCUT2D eigenvalue weighted by molar-refractivity contribution is 5.93. The molecule has 0 atom stereocenters. The molecule has 1 amide bonds. The summed E-state index contributed by atoms with van der Waals surface area (Å²) < 4.78 is 0. The van der Waals surface area contributed by atoms with Crippen LogP contribution in [0.15, 0.2) is 104 Å². The van der Waals surface area contributed by atoms with Crippen LogP contribution in [-0.4, -0.2) is 15.9 Å². The number of hydrogen-bond donors (Lipinski definition) is 1. The van der Waals surface area contributed by atoms with Gasteiger partial charge in [-0.2, -0.15) is 0 Å². The molecule has 0 fully saturated rings. The van der Waals surface area contributed by atoms with E-state index < -0.39 is 0 Å². The van der Waals surface area contributed by atoms with Crippen molar-refractivity contribution in [2.24, 2.45) is 0 Å². The number of rotatable bonds is 7. The molecule has 0 spiro atoms. The first kappa shape index (κ1) is 19.3. The maximum atomic E-state index is 12.7. The van der Waals surface area contributed by atoms with Gasteiger partial charge in [0, 0.05) is 43.1 Å². The molecule has 148 valence electrons. The third kappa shape index (κ3) is 4.89. The Morgan fingerprint density at radius 1 is 0.800 bits per heavy atom. The predicted molar refractivity (Wildman–Crippen MR) is 118 cm³/mol. The zero-order valence-electron chi connectivity index (χ0n) is 16.5. The van der Waals surface area contributed by atoms with Crippen molar-refractivity contribution in [3.8, 4) is 0 Å². The van der Waals surface area contributed by atoms with Crippen molar-refractivity contribution in [3.05, 3.63) is 120 Å². The Bertz CT molecular complexity index is 1090. The van der Waals surface area contributed by atoms with Gasteiger partial charge in [0.25, 0.3) is 5.91 Å². The van der Waals surface area contributed by atoms with E-state index in [4.69, 9.17) is 0 Å². The quantitative estimate of drug-likeness (QED) is 0.492. The van der Waals surface area contributed by atoms with E-state index in [2.05, 4.69) is 44.5 Å². The highest BCUT2D eigenvalue weighted by Crippen LogP contribution is 2.27. The summed E-state index contributed by atoms with van der Waals surface area (Å²) in [7, 11) is 0. The van der Waals surface area contributed by atoms with E-state index in [1.807, 2.05) is 60.7 Å². The Kier molecular flexibility index (Phi) is 6.11. The molecule has 0 saturated heterocycles. The van der Waals surface area contributed by atoms with Crippen molar-refractivity contribution < 1.29 is 4.79 Å². The maximum Gasteiger partial charge on any atom is 0.270 e. The number of benzene rings is 2. The first-order chi connectivity index (χ1) is 14.8. The molecule has 30 heavy (non-hydrogen) atoms. The number of para-hydroxylation sites is 1. The summed E-state index contributed by atoms with van der Waals surface area (Å²) in [5.41, 5.74) is 4.46. The Hall–Kier alpha value is -3.99. The fourth-order valence-corrected chi connectivity index (χ4v) is 3.19. The van der Waals surface area contributed by atoms with E-state index in [-0.39, 0.29) is 5.91 Å². The van der Waals surface area contributed by atoms with Crippen LogP contribution in [0.4, 0.5) is 11.4 Å². The molecule has 0 aliphatic rings. The van der Waals surface area contributed by atoms with Crippen LogP contribution in [0.2, 0.25) is 0 Å². The Labute approximate surface area is 176 Å². The van der Waals surface area contributed by atoms with Crippen molar-refractivity contribution in [1.82, 2.24) is 15.3 Å². The fraction of sp³-hybridized carbons (Fsp3) is 0.0800. The van der Waals surface area contributed by atoms with Gasteiger partial charge in [0.1, 0.15) is 5.69 Å². The number of carbonyl (C=O) groups is 1. The van der Waals surface area contributed by atoms with E-state index in [0.29, 0.717) is 18.8 Å². The molecular weight excluding hydrogens is 372 g/mol. The van der Waals surface area contributed by atoms with E-state index in [1.54, 1.807) is 18.6 Å². The van der Waals surface area contributed by atoms with Gasteiger partial charge in [-0.05, 0) is 41.5 Å². The molecule has 1 N–H and O–H groups in total. The second-order valence-corrected chi connectivity index (χ2v) is 6.85. The first-order valence-corrected chi connectivity index (χ1v) is 9.79. The molecule has 0 unspecified atom stereocenters. The number of hydrogen-bond acceptors (Lipinski definition) is 4. The van der Waals surface area contributed by atoms with Crippen LogP contribution in [0.25, 0.3) is 0 Å². The number of amides is 1. The van der Waals surface area contributed by atoms with Crippen molar-refractivity contribution >= 4 is 17.3 Å². The highest BCUT2D eigenvalue weighted by Gasteiger charge is 2.14. The molecule has 2 aromatic carbocycles.